The number of carbonyl (C=O) groups is 1. The topological polar surface area (TPSA) is 77.2 Å². The van der Waals surface area contributed by atoms with Gasteiger partial charge in [0.25, 0.3) is 0 Å². The van der Waals surface area contributed by atoms with Crippen LogP contribution in [0.25, 0.3) is 11.5 Å². The molecule has 1 amide bonds. The number of amides is 1. The summed E-state index contributed by atoms with van der Waals surface area (Å²) in [5.74, 6) is 0.899. The third kappa shape index (κ3) is 4.82. The van der Waals surface area contributed by atoms with Gasteiger partial charge in [-0.25, -0.2) is 4.39 Å². The molecule has 6 nitrogen and oxygen atoms in total. The van der Waals surface area contributed by atoms with E-state index in [-0.39, 0.29) is 24.2 Å². The number of nitrogens with one attached hydrogen (secondary N) is 1. The molecular weight excluding hydrogens is 357 g/mol. The van der Waals surface area contributed by atoms with Gasteiger partial charge in [-0.2, -0.15) is 0 Å². The Bertz CT molecular complexity index is 883. The van der Waals surface area contributed by atoms with E-state index in [2.05, 4.69) is 15.5 Å². The van der Waals surface area contributed by atoms with Gasteiger partial charge in [-0.3, -0.25) is 10.1 Å². The molecule has 1 heterocycles. The second-order valence-electron chi connectivity index (χ2n) is 5.24. The molecule has 3 rings (SSSR count). The van der Waals surface area contributed by atoms with Crippen molar-refractivity contribution in [3.8, 4) is 17.2 Å². The Balaban J connectivity index is 1.49. The summed E-state index contributed by atoms with van der Waals surface area (Å²) in [5.41, 5.74) is 0.452. The molecular formula is C18H16FN3O3S. The minimum Gasteiger partial charge on any atom is -0.497 e. The fraction of sp³-hybridized carbons (Fsp3) is 0.167. The Morgan fingerprint density at radius 3 is 2.77 bits per heavy atom. The normalized spacial score (nSPS) is 10.5. The van der Waals surface area contributed by atoms with E-state index in [4.69, 9.17) is 9.15 Å². The van der Waals surface area contributed by atoms with Crippen LogP contribution in [0, 0.1) is 5.82 Å². The first-order valence-electron chi connectivity index (χ1n) is 7.80. The lowest BCUT2D eigenvalue weighted by Gasteiger charge is -2.03. The van der Waals surface area contributed by atoms with Crippen molar-refractivity contribution in [3.05, 3.63) is 54.3 Å². The number of methoxy groups -OCH3 is 1. The van der Waals surface area contributed by atoms with Crippen LogP contribution in [0.4, 0.5) is 10.4 Å². The van der Waals surface area contributed by atoms with Gasteiger partial charge >= 0.3 is 6.01 Å². The number of ether oxygens (including phenoxy) is 1. The number of thioether (sulfide) groups is 1. The third-order valence-electron chi connectivity index (χ3n) is 3.40. The van der Waals surface area contributed by atoms with Crippen LogP contribution in [0.1, 0.15) is 6.42 Å². The SMILES string of the molecule is COc1ccc(SCCC(=O)Nc2nnc(-c3cccc(F)c3)o2)cc1. The number of rotatable bonds is 7. The van der Waals surface area contributed by atoms with E-state index in [1.807, 2.05) is 24.3 Å². The molecule has 0 aliphatic rings. The van der Waals surface area contributed by atoms with Crippen molar-refractivity contribution < 1.29 is 18.3 Å². The minimum atomic E-state index is -0.401. The van der Waals surface area contributed by atoms with Crippen molar-refractivity contribution in [1.29, 1.82) is 0 Å². The summed E-state index contributed by atoms with van der Waals surface area (Å²) < 4.78 is 23.7. The van der Waals surface area contributed by atoms with E-state index in [0.717, 1.165) is 10.6 Å². The Labute approximate surface area is 153 Å². The molecule has 26 heavy (non-hydrogen) atoms. The molecule has 3 aromatic rings. The van der Waals surface area contributed by atoms with Gasteiger partial charge in [0.2, 0.25) is 11.8 Å². The van der Waals surface area contributed by atoms with Crippen molar-refractivity contribution in [1.82, 2.24) is 10.2 Å². The van der Waals surface area contributed by atoms with Crippen molar-refractivity contribution >= 4 is 23.7 Å². The van der Waals surface area contributed by atoms with Gasteiger partial charge in [0.05, 0.1) is 7.11 Å². The number of benzene rings is 2. The van der Waals surface area contributed by atoms with Gasteiger partial charge in [0, 0.05) is 22.6 Å². The number of hydrogen-bond acceptors (Lipinski definition) is 6. The molecule has 1 aromatic heterocycles. The van der Waals surface area contributed by atoms with Crippen molar-refractivity contribution in [2.24, 2.45) is 0 Å². The Morgan fingerprint density at radius 2 is 2.04 bits per heavy atom. The van der Waals surface area contributed by atoms with Crippen LogP contribution in [0.15, 0.2) is 57.8 Å². The van der Waals surface area contributed by atoms with Gasteiger partial charge in [0.1, 0.15) is 11.6 Å². The van der Waals surface area contributed by atoms with E-state index in [1.165, 1.54) is 12.1 Å². The third-order valence-corrected chi connectivity index (χ3v) is 4.41. The van der Waals surface area contributed by atoms with Crippen LogP contribution in [-0.4, -0.2) is 29.0 Å². The zero-order chi connectivity index (χ0) is 18.4. The quantitative estimate of drug-likeness (QED) is 0.631. The highest BCUT2D eigenvalue weighted by Crippen LogP contribution is 2.23. The molecule has 0 spiro atoms. The fourth-order valence-electron chi connectivity index (χ4n) is 2.13. The molecule has 0 saturated carbocycles. The van der Waals surface area contributed by atoms with Gasteiger partial charge in [-0.15, -0.1) is 16.9 Å². The van der Waals surface area contributed by atoms with Gasteiger partial charge in [-0.05, 0) is 42.5 Å². The van der Waals surface area contributed by atoms with Crippen LogP contribution >= 0.6 is 11.8 Å². The lowest BCUT2D eigenvalue weighted by Crippen LogP contribution is -2.12. The number of aromatic nitrogens is 2. The van der Waals surface area contributed by atoms with Crippen LogP contribution in [0.5, 0.6) is 5.75 Å². The van der Waals surface area contributed by atoms with Crippen LogP contribution in [-0.2, 0) is 4.79 Å². The van der Waals surface area contributed by atoms with Crippen molar-refractivity contribution in [2.45, 2.75) is 11.3 Å². The van der Waals surface area contributed by atoms with Crippen LogP contribution in [0.3, 0.4) is 0 Å². The number of nitrogens with zero attached hydrogens (tertiary/aromatic N) is 2. The summed E-state index contributed by atoms with van der Waals surface area (Å²) in [4.78, 5) is 13.0. The highest BCUT2D eigenvalue weighted by Gasteiger charge is 2.12. The number of hydrogen-bond donors (Lipinski definition) is 1. The van der Waals surface area contributed by atoms with Crippen LogP contribution < -0.4 is 10.1 Å². The molecule has 0 bridgehead atoms. The highest BCUT2D eigenvalue weighted by molar-refractivity contribution is 7.99. The molecule has 8 heteroatoms. The molecule has 134 valence electrons. The Hall–Kier alpha value is -2.87. The second kappa shape index (κ2) is 8.48. The van der Waals surface area contributed by atoms with Gasteiger partial charge < -0.3 is 9.15 Å². The average molecular weight is 373 g/mol. The largest absolute Gasteiger partial charge is 0.497 e. The molecule has 0 saturated heterocycles. The summed E-state index contributed by atoms with van der Waals surface area (Å²) in [6.07, 6.45) is 0.286. The zero-order valence-corrected chi connectivity index (χ0v) is 14.8. The summed E-state index contributed by atoms with van der Waals surface area (Å²) in [5, 5.41) is 10.1. The number of halogens is 1. The summed E-state index contributed by atoms with van der Waals surface area (Å²) in [7, 11) is 1.61. The van der Waals surface area contributed by atoms with E-state index >= 15 is 0 Å². The van der Waals surface area contributed by atoms with E-state index in [9.17, 15) is 9.18 Å². The lowest BCUT2D eigenvalue weighted by atomic mass is 10.2. The summed E-state index contributed by atoms with van der Waals surface area (Å²) in [6, 6.07) is 13.4. The molecule has 0 aliphatic carbocycles. The molecule has 0 atom stereocenters. The molecule has 0 fully saturated rings. The first kappa shape index (κ1) is 17.9. The predicted molar refractivity (Wildman–Crippen MR) is 96.7 cm³/mol. The molecule has 0 radical (unpaired) electrons. The molecule has 0 unspecified atom stereocenters. The van der Waals surface area contributed by atoms with Gasteiger partial charge in [0.15, 0.2) is 0 Å². The van der Waals surface area contributed by atoms with Crippen molar-refractivity contribution in [2.75, 3.05) is 18.2 Å². The van der Waals surface area contributed by atoms with Crippen LogP contribution in [0.2, 0.25) is 0 Å². The standard InChI is InChI=1S/C18H16FN3O3S/c1-24-14-5-7-15(8-6-14)26-10-9-16(23)20-18-22-21-17(25-18)12-3-2-4-13(19)11-12/h2-8,11H,9-10H2,1H3,(H,20,22,23). The maximum Gasteiger partial charge on any atom is 0.322 e. The first-order chi connectivity index (χ1) is 12.6. The second-order valence-corrected chi connectivity index (χ2v) is 6.41. The summed E-state index contributed by atoms with van der Waals surface area (Å²) >= 11 is 1.56. The molecule has 2 aromatic carbocycles. The minimum absolute atomic E-state index is 0.0105. The monoisotopic (exact) mass is 373 g/mol. The average Bonchev–Trinajstić information content (AvgIpc) is 3.11. The van der Waals surface area contributed by atoms with E-state index in [0.29, 0.717) is 11.3 Å². The number of carbonyl (C=O) groups excluding carboxylic acids is 1. The maximum absolute atomic E-state index is 13.2. The fourth-order valence-corrected chi connectivity index (χ4v) is 2.98. The van der Waals surface area contributed by atoms with Gasteiger partial charge in [-0.1, -0.05) is 11.2 Å². The zero-order valence-electron chi connectivity index (χ0n) is 13.9. The maximum atomic E-state index is 13.2. The summed E-state index contributed by atoms with van der Waals surface area (Å²) in [6.45, 7) is 0. The van der Waals surface area contributed by atoms with Crippen molar-refractivity contribution in [3.63, 3.8) is 0 Å². The smallest absolute Gasteiger partial charge is 0.322 e. The molecule has 1 N–H and O–H groups in total. The Kier molecular flexibility index (Phi) is 5.85. The van der Waals surface area contributed by atoms with E-state index < -0.39 is 5.82 Å². The lowest BCUT2D eigenvalue weighted by molar-refractivity contribution is -0.115. The Morgan fingerprint density at radius 1 is 1.23 bits per heavy atom. The first-order valence-corrected chi connectivity index (χ1v) is 8.79. The predicted octanol–water partition coefficient (Wildman–Crippen LogP) is 4.01. The number of anilines is 1. The molecule has 0 aliphatic heterocycles. The highest BCUT2D eigenvalue weighted by atomic mass is 32.2. The van der Waals surface area contributed by atoms with E-state index in [1.54, 1.807) is 31.0 Å².